The molecule has 0 atom stereocenters. The van der Waals surface area contributed by atoms with Crippen molar-refractivity contribution in [2.75, 3.05) is 5.73 Å². The summed E-state index contributed by atoms with van der Waals surface area (Å²) in [4.78, 5) is 8.57. The third kappa shape index (κ3) is 2.20. The number of hydrogen-bond donors (Lipinski definition) is 1. The van der Waals surface area contributed by atoms with Gasteiger partial charge in [-0.25, -0.2) is 9.97 Å². The molecule has 21 heavy (non-hydrogen) atoms. The lowest BCUT2D eigenvalue weighted by molar-refractivity contribution is -0.137. The highest BCUT2D eigenvalue weighted by molar-refractivity contribution is 5.81. The molecule has 0 aliphatic heterocycles. The Kier molecular flexibility index (Phi) is 2.86. The predicted molar refractivity (Wildman–Crippen MR) is 73.4 cm³/mol. The van der Waals surface area contributed by atoms with Crippen molar-refractivity contribution in [1.29, 1.82) is 0 Å². The van der Waals surface area contributed by atoms with Crippen molar-refractivity contribution in [1.82, 2.24) is 14.5 Å². The lowest BCUT2D eigenvalue weighted by Crippen LogP contribution is -2.06. The number of imidazole rings is 1. The number of benzene rings is 1. The van der Waals surface area contributed by atoms with Crippen molar-refractivity contribution < 1.29 is 13.2 Å². The van der Waals surface area contributed by atoms with Crippen LogP contribution in [0.3, 0.4) is 0 Å². The topological polar surface area (TPSA) is 56.7 Å². The first kappa shape index (κ1) is 13.4. The van der Waals surface area contributed by atoms with Crippen LogP contribution in [-0.2, 0) is 13.2 Å². The first-order valence-corrected chi connectivity index (χ1v) is 6.12. The van der Waals surface area contributed by atoms with Crippen molar-refractivity contribution in [2.45, 2.75) is 6.18 Å². The Hall–Kier alpha value is -2.57. The molecule has 3 aromatic rings. The third-order valence-electron chi connectivity index (χ3n) is 3.25. The number of hydrogen-bond acceptors (Lipinski definition) is 3. The minimum absolute atomic E-state index is 0.0308. The molecule has 2 heterocycles. The molecule has 2 aromatic heterocycles. The molecule has 0 amide bonds. The molecular weight excluding hydrogens is 281 g/mol. The maximum Gasteiger partial charge on any atom is 0.416 e. The van der Waals surface area contributed by atoms with Gasteiger partial charge in [-0.3, -0.25) is 0 Å². The number of nitrogen functional groups attached to an aromatic ring is 1. The lowest BCUT2D eigenvalue weighted by Gasteiger charge is -2.10. The quantitative estimate of drug-likeness (QED) is 0.700. The molecule has 2 N–H and O–H groups in total. The Labute approximate surface area is 118 Å². The van der Waals surface area contributed by atoms with Crippen LogP contribution in [0.15, 0.2) is 36.5 Å². The van der Waals surface area contributed by atoms with Crippen molar-refractivity contribution in [3.05, 3.63) is 42.1 Å². The van der Waals surface area contributed by atoms with E-state index in [4.69, 9.17) is 5.73 Å². The SMILES string of the molecule is Cn1c(-c2ccc(C(F)(F)F)cc2N)nc2cccnc21. The highest BCUT2D eigenvalue weighted by Gasteiger charge is 2.31. The van der Waals surface area contributed by atoms with Crippen LogP contribution in [0.2, 0.25) is 0 Å². The number of aryl methyl sites for hydroxylation is 1. The average molecular weight is 292 g/mol. The minimum Gasteiger partial charge on any atom is -0.398 e. The van der Waals surface area contributed by atoms with Gasteiger partial charge in [0, 0.05) is 24.5 Å². The molecule has 0 bridgehead atoms. The highest BCUT2D eigenvalue weighted by Crippen LogP contribution is 2.34. The fourth-order valence-electron chi connectivity index (χ4n) is 2.21. The molecule has 0 saturated carbocycles. The Bertz CT molecular complexity index is 821. The van der Waals surface area contributed by atoms with Crippen LogP contribution in [0, 0.1) is 0 Å². The van der Waals surface area contributed by atoms with E-state index in [0.29, 0.717) is 22.6 Å². The van der Waals surface area contributed by atoms with Crippen LogP contribution in [0.25, 0.3) is 22.6 Å². The second kappa shape index (κ2) is 4.47. The molecule has 0 aliphatic rings. The van der Waals surface area contributed by atoms with Gasteiger partial charge in [-0.2, -0.15) is 13.2 Å². The van der Waals surface area contributed by atoms with Gasteiger partial charge in [-0.15, -0.1) is 0 Å². The van der Waals surface area contributed by atoms with Crippen LogP contribution in [0.1, 0.15) is 5.56 Å². The van der Waals surface area contributed by atoms with Gasteiger partial charge in [0.1, 0.15) is 11.3 Å². The number of nitrogens with two attached hydrogens (primary N) is 1. The van der Waals surface area contributed by atoms with Gasteiger partial charge < -0.3 is 10.3 Å². The molecule has 0 saturated heterocycles. The average Bonchev–Trinajstić information content (AvgIpc) is 2.75. The molecule has 4 nitrogen and oxygen atoms in total. The Balaban J connectivity index is 2.17. The molecule has 0 fully saturated rings. The summed E-state index contributed by atoms with van der Waals surface area (Å²) >= 11 is 0. The number of halogens is 3. The van der Waals surface area contributed by atoms with E-state index in [-0.39, 0.29) is 5.69 Å². The molecule has 7 heteroatoms. The van der Waals surface area contributed by atoms with Crippen LogP contribution in [-0.4, -0.2) is 14.5 Å². The van der Waals surface area contributed by atoms with Crippen molar-refractivity contribution in [2.24, 2.45) is 7.05 Å². The maximum atomic E-state index is 12.7. The number of nitrogens with zero attached hydrogens (tertiary/aromatic N) is 3. The molecular formula is C14H11F3N4. The zero-order chi connectivity index (χ0) is 15.2. The van der Waals surface area contributed by atoms with E-state index in [0.717, 1.165) is 12.1 Å². The fourth-order valence-corrected chi connectivity index (χ4v) is 2.21. The number of anilines is 1. The van der Waals surface area contributed by atoms with Crippen molar-refractivity contribution >= 4 is 16.9 Å². The third-order valence-corrected chi connectivity index (χ3v) is 3.25. The molecule has 0 unspecified atom stereocenters. The van der Waals surface area contributed by atoms with Gasteiger partial charge in [0.05, 0.1) is 5.56 Å². The number of rotatable bonds is 1. The summed E-state index contributed by atoms with van der Waals surface area (Å²) in [6.07, 6.45) is -2.79. The zero-order valence-corrected chi connectivity index (χ0v) is 11.0. The number of alkyl halides is 3. The molecule has 0 radical (unpaired) electrons. The lowest BCUT2D eigenvalue weighted by atomic mass is 10.1. The summed E-state index contributed by atoms with van der Waals surface area (Å²) in [6.45, 7) is 0. The van der Waals surface area contributed by atoms with E-state index in [2.05, 4.69) is 9.97 Å². The number of pyridine rings is 1. The fraction of sp³-hybridized carbons (Fsp3) is 0.143. The Morgan fingerprint density at radius 1 is 1.19 bits per heavy atom. The summed E-state index contributed by atoms with van der Waals surface area (Å²) in [5, 5.41) is 0. The van der Waals surface area contributed by atoms with Crippen LogP contribution in [0.4, 0.5) is 18.9 Å². The van der Waals surface area contributed by atoms with Gasteiger partial charge in [-0.1, -0.05) is 0 Å². The van der Waals surface area contributed by atoms with E-state index >= 15 is 0 Å². The Morgan fingerprint density at radius 3 is 2.57 bits per heavy atom. The highest BCUT2D eigenvalue weighted by atomic mass is 19.4. The summed E-state index contributed by atoms with van der Waals surface area (Å²) in [5.74, 6) is 0.481. The minimum atomic E-state index is -4.42. The predicted octanol–water partition coefficient (Wildman–Crippen LogP) is 3.24. The van der Waals surface area contributed by atoms with Crippen LogP contribution < -0.4 is 5.73 Å². The Morgan fingerprint density at radius 2 is 1.95 bits per heavy atom. The second-order valence-electron chi connectivity index (χ2n) is 4.64. The zero-order valence-electron chi connectivity index (χ0n) is 11.0. The maximum absolute atomic E-state index is 12.7. The van der Waals surface area contributed by atoms with Crippen molar-refractivity contribution in [3.8, 4) is 11.4 Å². The molecule has 3 rings (SSSR count). The van der Waals surface area contributed by atoms with E-state index in [1.807, 2.05) is 0 Å². The summed E-state index contributed by atoms with van der Waals surface area (Å²) in [7, 11) is 1.74. The summed E-state index contributed by atoms with van der Waals surface area (Å²) < 4.78 is 39.7. The van der Waals surface area contributed by atoms with Crippen LogP contribution in [0.5, 0.6) is 0 Å². The number of aromatic nitrogens is 3. The van der Waals surface area contributed by atoms with Crippen molar-refractivity contribution in [3.63, 3.8) is 0 Å². The first-order valence-electron chi connectivity index (χ1n) is 6.12. The number of fused-ring (bicyclic) bond motifs is 1. The standard InChI is InChI=1S/C14H11F3N4/c1-21-12(20-11-3-2-6-19-13(11)21)9-5-4-8(7-10(9)18)14(15,16)17/h2-7H,18H2,1H3. The van der Waals surface area contributed by atoms with Gasteiger partial charge >= 0.3 is 6.18 Å². The summed E-state index contributed by atoms with van der Waals surface area (Å²) in [6, 6.07) is 6.78. The monoisotopic (exact) mass is 292 g/mol. The smallest absolute Gasteiger partial charge is 0.398 e. The molecule has 0 spiro atoms. The van der Waals surface area contributed by atoms with Crippen LogP contribution >= 0.6 is 0 Å². The van der Waals surface area contributed by atoms with E-state index in [9.17, 15) is 13.2 Å². The molecule has 0 aliphatic carbocycles. The normalized spacial score (nSPS) is 12.0. The molecule has 108 valence electrons. The summed E-state index contributed by atoms with van der Waals surface area (Å²) in [5.41, 5.74) is 6.77. The van der Waals surface area contributed by atoms with E-state index in [1.54, 1.807) is 29.9 Å². The second-order valence-corrected chi connectivity index (χ2v) is 4.64. The van der Waals surface area contributed by atoms with E-state index in [1.165, 1.54) is 6.07 Å². The molecule has 1 aromatic carbocycles. The largest absolute Gasteiger partial charge is 0.416 e. The van der Waals surface area contributed by atoms with E-state index < -0.39 is 11.7 Å². The van der Waals surface area contributed by atoms with Gasteiger partial charge in [0.15, 0.2) is 5.65 Å². The van der Waals surface area contributed by atoms with Gasteiger partial charge in [0.25, 0.3) is 0 Å². The van der Waals surface area contributed by atoms with Gasteiger partial charge in [-0.05, 0) is 30.3 Å². The first-order chi connectivity index (χ1) is 9.88. The van der Waals surface area contributed by atoms with Gasteiger partial charge in [0.2, 0.25) is 0 Å².